The van der Waals surface area contributed by atoms with Gasteiger partial charge in [-0.25, -0.2) is 0 Å². The molecule has 0 aliphatic carbocycles. The molecule has 78 valence electrons. The summed E-state index contributed by atoms with van der Waals surface area (Å²) in [5, 5.41) is 0. The predicted octanol–water partition coefficient (Wildman–Crippen LogP) is 0.540. The van der Waals surface area contributed by atoms with E-state index in [1.54, 1.807) is 0 Å². The molecule has 0 spiro atoms. The number of aromatic nitrogens is 1. The predicted molar refractivity (Wildman–Crippen MR) is 61.2 cm³/mol. The minimum absolute atomic E-state index is 0. The Balaban J connectivity index is 0.00000196. The maximum atomic E-state index is 4.37. The topological polar surface area (TPSA) is 12.9 Å². The van der Waals surface area contributed by atoms with Crippen molar-refractivity contribution in [3.05, 3.63) is 35.5 Å². The molecule has 0 atom stereocenters. The van der Waals surface area contributed by atoms with E-state index in [1.165, 1.54) is 17.2 Å². The summed E-state index contributed by atoms with van der Waals surface area (Å²) in [4.78, 5) is 4.37. The molecule has 1 heterocycles. The van der Waals surface area contributed by atoms with E-state index in [4.69, 9.17) is 0 Å². The maximum Gasteiger partial charge on any atom is 1.00 e. The molecule has 1 aromatic rings. The molecule has 2 heteroatoms. The maximum absolute atomic E-state index is 4.37. The van der Waals surface area contributed by atoms with E-state index in [1.807, 2.05) is 6.20 Å². The van der Waals surface area contributed by atoms with Gasteiger partial charge in [-0.1, -0.05) is 20.8 Å². The first kappa shape index (κ1) is 16.0. The van der Waals surface area contributed by atoms with E-state index >= 15 is 0 Å². The van der Waals surface area contributed by atoms with Gasteiger partial charge in [-0.05, 0) is 23.1 Å². The molecule has 0 aliphatic heterocycles. The number of hydrogen-bond acceptors (Lipinski definition) is 1. The second-order valence-electron chi connectivity index (χ2n) is 5.17. The first-order chi connectivity index (χ1) is 6.39. The quantitative estimate of drug-likeness (QED) is 0.718. The number of nitrogens with zero attached hydrogens (tertiary/aromatic N) is 1. The fourth-order valence-corrected chi connectivity index (χ4v) is 1.40. The Bertz CT molecular complexity index is 300. The molecule has 1 rings (SSSR count). The Labute approximate surface area is 143 Å². The molecule has 0 amide bonds. The van der Waals surface area contributed by atoms with Crippen LogP contribution in [-0.4, -0.2) is 4.98 Å². The van der Waals surface area contributed by atoms with Crippen LogP contribution in [0.25, 0.3) is 0 Å². The number of pyridine rings is 1. The van der Waals surface area contributed by atoms with Gasteiger partial charge in [0, 0.05) is 11.9 Å². The van der Waals surface area contributed by atoms with Gasteiger partial charge in [0.1, 0.15) is 0 Å². The minimum atomic E-state index is 0. The number of rotatable bonds is 2. The van der Waals surface area contributed by atoms with Crippen LogP contribution in [0.5, 0.6) is 0 Å². The van der Waals surface area contributed by atoms with Crippen LogP contribution in [0.4, 0.5) is 0 Å². The van der Waals surface area contributed by atoms with Gasteiger partial charge < -0.3 is 5.92 Å². The van der Waals surface area contributed by atoms with E-state index in [2.05, 4.69) is 51.7 Å². The van der Waals surface area contributed by atoms with Crippen molar-refractivity contribution in [2.75, 3.05) is 0 Å². The second kappa shape index (κ2) is 6.63. The Morgan fingerprint density at radius 1 is 1.27 bits per heavy atom. The summed E-state index contributed by atoms with van der Waals surface area (Å²) >= 11 is 0. The van der Waals surface area contributed by atoms with Crippen LogP contribution in [0.15, 0.2) is 18.3 Å². The van der Waals surface area contributed by atoms with Crippen LogP contribution in [0.1, 0.15) is 45.9 Å². The third-order valence-corrected chi connectivity index (χ3v) is 2.22. The Morgan fingerprint density at radius 2 is 1.87 bits per heavy atom. The fraction of sp³-hybridized carbons (Fsp3) is 0.538. The molecule has 0 unspecified atom stereocenters. The smallest absolute Gasteiger partial charge is 0.314 e. The van der Waals surface area contributed by atoms with Crippen LogP contribution in [0, 0.1) is 5.92 Å². The first-order valence-corrected chi connectivity index (χ1v) is 5.14. The normalized spacial score (nSPS) is 11.3. The molecule has 0 bridgehead atoms. The molecule has 0 aliphatic rings. The van der Waals surface area contributed by atoms with Crippen LogP contribution < -0.4 is 58.2 Å². The molecular weight excluding hydrogens is 256 g/mol. The largest absolute Gasteiger partial charge is 1.00 e. The van der Waals surface area contributed by atoms with Gasteiger partial charge in [0.2, 0.25) is 0 Å². The average Bonchev–Trinajstić information content (AvgIpc) is 2.01. The Hall–Kier alpha value is 0.955. The molecule has 1 nitrogen and oxygen atoms in total. The van der Waals surface area contributed by atoms with Crippen molar-refractivity contribution in [2.24, 2.45) is 0 Å². The van der Waals surface area contributed by atoms with Gasteiger partial charge in [-0.15, -0.1) is 6.42 Å². The molecule has 0 aromatic carbocycles. The monoisotopic (exact) mass is 275 g/mol. The van der Waals surface area contributed by atoms with Gasteiger partial charge >= 0.3 is 58.2 Å². The Kier molecular flexibility index (Phi) is 7.05. The van der Waals surface area contributed by atoms with Crippen LogP contribution in [0.2, 0.25) is 0 Å². The molecule has 0 radical (unpaired) electrons. The van der Waals surface area contributed by atoms with E-state index in [-0.39, 0.29) is 63.6 Å². The van der Waals surface area contributed by atoms with E-state index in [0.29, 0.717) is 0 Å². The summed E-state index contributed by atoms with van der Waals surface area (Å²) in [6, 6.07) is 4.32. The molecule has 15 heavy (non-hydrogen) atoms. The molecule has 0 N–H and O–H groups in total. The molecule has 0 fully saturated rings. The zero-order valence-electron chi connectivity index (χ0n) is 10.9. The van der Waals surface area contributed by atoms with Crippen LogP contribution in [0.3, 0.4) is 0 Å². The zero-order chi connectivity index (χ0) is 10.8. The van der Waals surface area contributed by atoms with Gasteiger partial charge in [0.05, 0.1) is 0 Å². The van der Waals surface area contributed by atoms with Crippen LogP contribution in [-0.2, 0) is 11.8 Å². The van der Waals surface area contributed by atoms with Crippen molar-refractivity contribution in [1.29, 1.82) is 0 Å². The van der Waals surface area contributed by atoms with E-state index in [9.17, 15) is 0 Å². The summed E-state index contributed by atoms with van der Waals surface area (Å²) in [5.74, 6) is 1.41. The standard InChI is InChI=1S/C13H20N.Rb/c1-10(2)8-12-9-11(6-7-14-12)13(3,4)5;/h6-7,9H,8H2,1-5H3;/q-1;+1. The first-order valence-electron chi connectivity index (χ1n) is 5.14. The van der Waals surface area contributed by atoms with Crippen molar-refractivity contribution >= 4 is 0 Å². The van der Waals surface area contributed by atoms with Crippen molar-refractivity contribution in [2.45, 2.75) is 46.5 Å². The van der Waals surface area contributed by atoms with Gasteiger partial charge in [-0.2, -0.15) is 13.8 Å². The summed E-state index contributed by atoms with van der Waals surface area (Å²) in [7, 11) is 0. The summed E-state index contributed by atoms with van der Waals surface area (Å²) in [6.45, 7) is 11.0. The average molecular weight is 276 g/mol. The third-order valence-electron chi connectivity index (χ3n) is 2.22. The van der Waals surface area contributed by atoms with E-state index in [0.717, 1.165) is 6.42 Å². The minimum Gasteiger partial charge on any atom is -0.314 e. The molecule has 0 saturated heterocycles. The zero-order valence-corrected chi connectivity index (χ0v) is 15.8. The summed E-state index contributed by atoms with van der Waals surface area (Å²) in [6.07, 6.45) is 2.91. The summed E-state index contributed by atoms with van der Waals surface area (Å²) < 4.78 is 0. The van der Waals surface area contributed by atoms with Gasteiger partial charge in [0.25, 0.3) is 0 Å². The van der Waals surface area contributed by atoms with E-state index < -0.39 is 0 Å². The summed E-state index contributed by atoms with van der Waals surface area (Å²) in [5.41, 5.74) is 2.76. The molecule has 1 aromatic heterocycles. The van der Waals surface area contributed by atoms with Crippen molar-refractivity contribution in [3.8, 4) is 0 Å². The SMILES string of the molecule is C[C-](C)Cc1cc(C(C)(C)C)ccn1.[Rb+]. The Morgan fingerprint density at radius 3 is 2.33 bits per heavy atom. The second-order valence-corrected chi connectivity index (χ2v) is 5.17. The molecule has 0 saturated carbocycles. The fourth-order valence-electron chi connectivity index (χ4n) is 1.40. The van der Waals surface area contributed by atoms with Crippen molar-refractivity contribution in [1.82, 2.24) is 4.98 Å². The van der Waals surface area contributed by atoms with Gasteiger partial charge in [-0.3, -0.25) is 4.98 Å². The van der Waals surface area contributed by atoms with Crippen LogP contribution >= 0.6 is 0 Å². The van der Waals surface area contributed by atoms with Crippen molar-refractivity contribution in [3.63, 3.8) is 0 Å². The number of hydrogen-bond donors (Lipinski definition) is 0. The third kappa shape index (κ3) is 5.72. The van der Waals surface area contributed by atoms with Gasteiger partial charge in [0.15, 0.2) is 0 Å². The molecular formula is C13H20NRb. The van der Waals surface area contributed by atoms with Crippen molar-refractivity contribution < 1.29 is 58.2 Å².